The molecule has 1 saturated heterocycles. The topological polar surface area (TPSA) is 118 Å². The molecule has 0 aliphatic carbocycles. The van der Waals surface area contributed by atoms with Gasteiger partial charge in [0.1, 0.15) is 0 Å². The third kappa shape index (κ3) is 4.22. The highest BCUT2D eigenvalue weighted by atomic mass is 32.2. The number of nitro benzene ring substituents is 1. The fourth-order valence-corrected chi connectivity index (χ4v) is 7.23. The lowest BCUT2D eigenvalue weighted by molar-refractivity contribution is -0.385. The van der Waals surface area contributed by atoms with Crippen LogP contribution in [0.4, 0.5) is 5.69 Å². The van der Waals surface area contributed by atoms with E-state index in [1.807, 2.05) is 6.92 Å². The quantitative estimate of drug-likeness (QED) is 0.476. The second kappa shape index (κ2) is 8.30. The van der Waals surface area contributed by atoms with E-state index in [0.717, 1.165) is 15.9 Å². The van der Waals surface area contributed by atoms with Crippen LogP contribution in [0.3, 0.4) is 0 Å². The van der Waals surface area contributed by atoms with Crippen LogP contribution in [0, 0.1) is 29.9 Å². The number of aryl methyl sites for hydroxylation is 2. The van der Waals surface area contributed by atoms with Crippen molar-refractivity contribution in [3.05, 3.63) is 63.7 Å². The number of sulfonamides is 2. The summed E-state index contributed by atoms with van der Waals surface area (Å²) in [6, 6.07) is 10.1. The molecule has 31 heavy (non-hydrogen) atoms. The summed E-state index contributed by atoms with van der Waals surface area (Å²) in [4.78, 5) is 10.5. The molecular formula is C20H25N3O6S2. The molecule has 0 aromatic heterocycles. The number of nitrogens with zero attached hydrogens (tertiary/aromatic N) is 3. The van der Waals surface area contributed by atoms with Gasteiger partial charge in [0, 0.05) is 24.7 Å². The zero-order valence-corrected chi connectivity index (χ0v) is 19.4. The Labute approximate surface area is 182 Å². The molecule has 0 radical (unpaired) electrons. The Morgan fingerprint density at radius 2 is 1.39 bits per heavy atom. The van der Waals surface area contributed by atoms with Gasteiger partial charge >= 0.3 is 0 Å². The van der Waals surface area contributed by atoms with Crippen LogP contribution in [0.25, 0.3) is 0 Å². The third-order valence-corrected chi connectivity index (χ3v) is 9.09. The number of rotatable bonds is 6. The van der Waals surface area contributed by atoms with Gasteiger partial charge in [-0.3, -0.25) is 10.1 Å². The normalized spacial score (nSPS) is 18.5. The van der Waals surface area contributed by atoms with Crippen LogP contribution in [0.15, 0.2) is 52.3 Å². The minimum absolute atomic E-state index is 0.00770. The van der Waals surface area contributed by atoms with E-state index in [4.69, 9.17) is 0 Å². The number of hydrogen-bond acceptors (Lipinski definition) is 6. The standard InChI is InChI=1S/C20H25N3O6S2/c1-14(2)20-21(30(26,27)17-8-5-15(3)6-9-17)11-12-22(20)31(28,29)18-10-7-16(4)19(13-18)23(24)25/h5-10,13-14,20H,11-12H2,1-4H3. The molecule has 11 heteroatoms. The number of nitro groups is 1. The Morgan fingerprint density at radius 1 is 0.903 bits per heavy atom. The zero-order valence-electron chi connectivity index (χ0n) is 17.7. The lowest BCUT2D eigenvalue weighted by Crippen LogP contribution is -2.47. The molecule has 3 rings (SSSR count). The van der Waals surface area contributed by atoms with Crippen molar-refractivity contribution in [2.24, 2.45) is 5.92 Å². The van der Waals surface area contributed by atoms with E-state index in [-0.39, 0.29) is 34.5 Å². The van der Waals surface area contributed by atoms with Gasteiger partial charge in [-0.2, -0.15) is 8.61 Å². The maximum absolute atomic E-state index is 13.4. The van der Waals surface area contributed by atoms with Crippen molar-refractivity contribution in [2.45, 2.75) is 43.7 Å². The molecule has 0 amide bonds. The fourth-order valence-electron chi connectivity index (χ4n) is 3.72. The highest BCUT2D eigenvalue weighted by Gasteiger charge is 2.47. The molecule has 1 fully saturated rings. The Balaban J connectivity index is 2.04. The van der Waals surface area contributed by atoms with Crippen molar-refractivity contribution in [1.29, 1.82) is 0 Å². The molecule has 0 bridgehead atoms. The fraction of sp³-hybridized carbons (Fsp3) is 0.400. The van der Waals surface area contributed by atoms with Gasteiger partial charge in [-0.1, -0.05) is 37.6 Å². The Morgan fingerprint density at radius 3 is 1.87 bits per heavy atom. The van der Waals surface area contributed by atoms with E-state index in [0.29, 0.717) is 5.56 Å². The van der Waals surface area contributed by atoms with Crippen LogP contribution in [-0.2, 0) is 20.0 Å². The van der Waals surface area contributed by atoms with Gasteiger partial charge in [0.2, 0.25) is 20.0 Å². The van der Waals surface area contributed by atoms with Crippen molar-refractivity contribution >= 4 is 25.7 Å². The van der Waals surface area contributed by atoms with Gasteiger partial charge in [-0.15, -0.1) is 0 Å². The minimum Gasteiger partial charge on any atom is -0.258 e. The molecule has 1 atom stereocenters. The smallest absolute Gasteiger partial charge is 0.258 e. The summed E-state index contributed by atoms with van der Waals surface area (Å²) in [5.74, 6) is -0.349. The van der Waals surface area contributed by atoms with E-state index < -0.39 is 31.1 Å². The largest absolute Gasteiger partial charge is 0.273 e. The molecule has 2 aromatic carbocycles. The molecule has 1 aliphatic heterocycles. The predicted molar refractivity (Wildman–Crippen MR) is 115 cm³/mol. The molecule has 0 N–H and O–H groups in total. The molecule has 9 nitrogen and oxygen atoms in total. The lowest BCUT2D eigenvalue weighted by atomic mass is 10.2. The van der Waals surface area contributed by atoms with Crippen LogP contribution in [-0.4, -0.2) is 49.6 Å². The highest BCUT2D eigenvalue weighted by Crippen LogP contribution is 2.34. The van der Waals surface area contributed by atoms with Crippen molar-refractivity contribution in [3.63, 3.8) is 0 Å². The van der Waals surface area contributed by atoms with Gasteiger partial charge < -0.3 is 0 Å². The second-order valence-electron chi connectivity index (χ2n) is 7.91. The Bertz CT molecular complexity index is 1210. The molecule has 168 valence electrons. The maximum atomic E-state index is 13.4. The molecule has 2 aromatic rings. The minimum atomic E-state index is -4.16. The molecular weight excluding hydrogens is 442 g/mol. The van der Waals surface area contributed by atoms with Gasteiger partial charge in [-0.25, -0.2) is 16.8 Å². The number of benzene rings is 2. The molecule has 1 heterocycles. The van der Waals surface area contributed by atoms with Gasteiger partial charge in [0.15, 0.2) is 0 Å². The van der Waals surface area contributed by atoms with Crippen molar-refractivity contribution in [2.75, 3.05) is 13.1 Å². The molecule has 0 spiro atoms. The van der Waals surface area contributed by atoms with Crippen LogP contribution >= 0.6 is 0 Å². The van der Waals surface area contributed by atoms with Crippen LogP contribution in [0.1, 0.15) is 25.0 Å². The van der Waals surface area contributed by atoms with E-state index in [9.17, 15) is 26.9 Å². The zero-order chi connectivity index (χ0) is 23.1. The predicted octanol–water partition coefficient (Wildman–Crippen LogP) is 2.89. The van der Waals surface area contributed by atoms with Crippen LogP contribution in [0.2, 0.25) is 0 Å². The first-order valence-corrected chi connectivity index (χ1v) is 12.6. The third-order valence-electron chi connectivity index (χ3n) is 5.34. The highest BCUT2D eigenvalue weighted by molar-refractivity contribution is 7.90. The van der Waals surface area contributed by atoms with Gasteiger partial charge in [0.25, 0.3) is 5.69 Å². The summed E-state index contributed by atoms with van der Waals surface area (Å²) in [6.45, 7) is 6.81. The average molecular weight is 468 g/mol. The first-order chi connectivity index (χ1) is 14.4. The molecule has 0 saturated carbocycles. The summed E-state index contributed by atoms with van der Waals surface area (Å²) >= 11 is 0. The van der Waals surface area contributed by atoms with Crippen molar-refractivity contribution < 1.29 is 21.8 Å². The molecule has 1 unspecified atom stereocenters. The second-order valence-corrected chi connectivity index (χ2v) is 11.7. The number of hydrogen-bond donors (Lipinski definition) is 0. The first-order valence-electron chi connectivity index (χ1n) is 9.73. The summed E-state index contributed by atoms with van der Waals surface area (Å²) in [7, 11) is -8.10. The van der Waals surface area contributed by atoms with Gasteiger partial charge in [0.05, 0.1) is 20.9 Å². The van der Waals surface area contributed by atoms with Crippen LogP contribution < -0.4 is 0 Å². The first kappa shape index (κ1) is 23.3. The SMILES string of the molecule is Cc1ccc(S(=O)(=O)N2CCN(S(=O)(=O)c3ccc(C)c([N+](=O)[O-])c3)C2C(C)C)cc1. The Hall–Kier alpha value is -2.34. The summed E-state index contributed by atoms with van der Waals surface area (Å²) < 4.78 is 55.6. The molecule has 1 aliphatic rings. The summed E-state index contributed by atoms with van der Waals surface area (Å²) in [5.41, 5.74) is 0.950. The van der Waals surface area contributed by atoms with E-state index in [1.165, 1.54) is 35.5 Å². The lowest BCUT2D eigenvalue weighted by Gasteiger charge is -2.32. The average Bonchev–Trinajstić information content (AvgIpc) is 3.15. The van der Waals surface area contributed by atoms with Gasteiger partial charge in [-0.05, 0) is 38.0 Å². The van der Waals surface area contributed by atoms with E-state index in [2.05, 4.69) is 0 Å². The van der Waals surface area contributed by atoms with E-state index >= 15 is 0 Å². The van der Waals surface area contributed by atoms with E-state index in [1.54, 1.807) is 26.0 Å². The van der Waals surface area contributed by atoms with Crippen molar-refractivity contribution in [1.82, 2.24) is 8.61 Å². The van der Waals surface area contributed by atoms with Crippen molar-refractivity contribution in [3.8, 4) is 0 Å². The monoisotopic (exact) mass is 467 g/mol. The summed E-state index contributed by atoms with van der Waals surface area (Å²) in [5, 5.41) is 11.3. The maximum Gasteiger partial charge on any atom is 0.273 e. The van der Waals surface area contributed by atoms with Crippen LogP contribution in [0.5, 0.6) is 0 Å². The Kier molecular flexibility index (Phi) is 6.25. The summed E-state index contributed by atoms with van der Waals surface area (Å²) in [6.07, 6.45) is -0.948.